The van der Waals surface area contributed by atoms with Crippen LogP contribution in [0.25, 0.3) is 0 Å². The molecule has 0 radical (unpaired) electrons. The van der Waals surface area contributed by atoms with E-state index in [-0.39, 0.29) is 41.1 Å². The summed E-state index contributed by atoms with van der Waals surface area (Å²) in [5.41, 5.74) is 0. The van der Waals surface area contributed by atoms with Crippen LogP contribution in [0.5, 0.6) is 0 Å². The van der Waals surface area contributed by atoms with E-state index in [4.69, 9.17) is 4.52 Å². The first-order valence-corrected chi connectivity index (χ1v) is 4.88. The molecule has 0 spiro atoms. The van der Waals surface area contributed by atoms with Gasteiger partial charge in [-0.2, -0.15) is 4.98 Å². The largest absolute Gasteiger partial charge is 1.00 e. The maximum Gasteiger partial charge on any atom is 1.00 e. The molecule has 0 bridgehead atoms. The Balaban J connectivity index is 0.000000845. The second kappa shape index (κ2) is 4.65. The third kappa shape index (κ3) is 3.14. The predicted octanol–water partition coefficient (Wildman–Crippen LogP) is -2.67. The number of nitrogens with zero attached hydrogens (tertiary/aromatic N) is 2. The summed E-state index contributed by atoms with van der Waals surface area (Å²) in [7, 11) is 0. The normalized spacial score (nSPS) is 17.9. The van der Waals surface area contributed by atoms with Crippen LogP contribution in [0.3, 0.4) is 0 Å². The standard InChI is InChI=1S/C6H8N2O3S.Na/c9-12(10)3-5-7-6(11-8-5)4-1-2-4;/h4H,1-3H2,(H,9,10);/q;+1/p-1. The van der Waals surface area contributed by atoms with Crippen molar-refractivity contribution in [2.45, 2.75) is 24.5 Å². The molecule has 1 aromatic rings. The summed E-state index contributed by atoms with van der Waals surface area (Å²) < 4.78 is 25.3. The second-order valence-corrected chi connectivity index (χ2v) is 3.67. The molecule has 1 aliphatic carbocycles. The Kier molecular flexibility index (Phi) is 4.06. The molecule has 1 heterocycles. The van der Waals surface area contributed by atoms with E-state index >= 15 is 0 Å². The zero-order valence-electron chi connectivity index (χ0n) is 7.23. The smallest absolute Gasteiger partial charge is 0.772 e. The molecular weight excluding hydrogens is 203 g/mol. The Hall–Kier alpha value is 0.250. The van der Waals surface area contributed by atoms with Gasteiger partial charge in [0.25, 0.3) is 0 Å². The maximum atomic E-state index is 10.2. The molecule has 1 fully saturated rings. The SMILES string of the molecule is O=S([O-])Cc1noc(C2CC2)n1.[Na+]. The van der Waals surface area contributed by atoms with Crippen LogP contribution in [0, 0.1) is 0 Å². The van der Waals surface area contributed by atoms with Crippen LogP contribution < -0.4 is 29.6 Å². The minimum absolute atomic E-state index is 0. The number of hydrogen-bond acceptors (Lipinski definition) is 5. The van der Waals surface area contributed by atoms with E-state index in [2.05, 4.69) is 10.1 Å². The molecule has 5 nitrogen and oxygen atoms in total. The molecule has 1 unspecified atom stereocenters. The summed E-state index contributed by atoms with van der Waals surface area (Å²) in [6, 6.07) is 0. The van der Waals surface area contributed by atoms with E-state index in [1.165, 1.54) is 0 Å². The first-order chi connectivity index (χ1) is 5.75. The van der Waals surface area contributed by atoms with Gasteiger partial charge in [-0.05, 0) is 23.9 Å². The molecule has 1 atom stereocenters. The minimum Gasteiger partial charge on any atom is -0.772 e. The van der Waals surface area contributed by atoms with Crippen LogP contribution in [-0.4, -0.2) is 18.9 Å². The Morgan fingerprint density at radius 1 is 1.62 bits per heavy atom. The topological polar surface area (TPSA) is 79.0 Å². The fourth-order valence-corrected chi connectivity index (χ4v) is 1.26. The zero-order valence-corrected chi connectivity index (χ0v) is 10.0. The molecule has 0 aliphatic heterocycles. The average molecular weight is 210 g/mol. The Labute approximate surface area is 99.9 Å². The Bertz CT molecular complexity index is 313. The van der Waals surface area contributed by atoms with Crippen molar-refractivity contribution < 1.29 is 42.8 Å². The van der Waals surface area contributed by atoms with Gasteiger partial charge in [0.15, 0.2) is 5.82 Å². The molecule has 0 aromatic carbocycles. The van der Waals surface area contributed by atoms with Gasteiger partial charge in [0.05, 0.1) is 5.75 Å². The quantitative estimate of drug-likeness (QED) is 0.401. The predicted molar refractivity (Wildman–Crippen MR) is 38.9 cm³/mol. The van der Waals surface area contributed by atoms with E-state index in [1.807, 2.05) is 0 Å². The molecule has 2 rings (SSSR count). The van der Waals surface area contributed by atoms with Crippen molar-refractivity contribution in [3.8, 4) is 0 Å². The third-order valence-electron chi connectivity index (χ3n) is 1.66. The molecule has 1 aromatic heterocycles. The molecule has 0 amide bonds. The zero-order chi connectivity index (χ0) is 8.55. The molecule has 1 aliphatic rings. The van der Waals surface area contributed by atoms with Crippen LogP contribution in [0.2, 0.25) is 0 Å². The van der Waals surface area contributed by atoms with Gasteiger partial charge in [-0.15, -0.1) is 0 Å². The van der Waals surface area contributed by atoms with Crippen molar-refractivity contribution in [3.05, 3.63) is 11.7 Å². The van der Waals surface area contributed by atoms with Crippen molar-refractivity contribution >= 4 is 11.1 Å². The van der Waals surface area contributed by atoms with E-state index < -0.39 is 11.1 Å². The molecule has 0 N–H and O–H groups in total. The molecule has 0 saturated heterocycles. The van der Waals surface area contributed by atoms with Gasteiger partial charge in [0.2, 0.25) is 5.89 Å². The molecule has 7 heteroatoms. The van der Waals surface area contributed by atoms with Crippen molar-refractivity contribution in [1.29, 1.82) is 0 Å². The first-order valence-electron chi connectivity index (χ1n) is 3.64. The average Bonchev–Trinajstić information content (AvgIpc) is 2.73. The van der Waals surface area contributed by atoms with Crippen molar-refractivity contribution in [2.75, 3.05) is 0 Å². The summed E-state index contributed by atoms with van der Waals surface area (Å²) >= 11 is -2.13. The monoisotopic (exact) mass is 210 g/mol. The van der Waals surface area contributed by atoms with Crippen LogP contribution in [0.4, 0.5) is 0 Å². The first kappa shape index (κ1) is 11.3. The molecule has 66 valence electrons. The fraction of sp³-hybridized carbons (Fsp3) is 0.667. The minimum atomic E-state index is -2.13. The maximum absolute atomic E-state index is 10.2. The van der Waals surface area contributed by atoms with Crippen LogP contribution in [-0.2, 0) is 16.8 Å². The van der Waals surface area contributed by atoms with E-state index in [0.29, 0.717) is 11.8 Å². The van der Waals surface area contributed by atoms with Crippen molar-refractivity contribution in [3.63, 3.8) is 0 Å². The summed E-state index contributed by atoms with van der Waals surface area (Å²) in [6.07, 6.45) is 2.14. The summed E-state index contributed by atoms with van der Waals surface area (Å²) in [4.78, 5) is 3.94. The number of aromatic nitrogens is 2. The van der Waals surface area contributed by atoms with Gasteiger partial charge in [-0.3, -0.25) is 4.21 Å². The van der Waals surface area contributed by atoms with E-state index in [0.717, 1.165) is 12.8 Å². The van der Waals surface area contributed by atoms with Gasteiger partial charge >= 0.3 is 29.6 Å². The van der Waals surface area contributed by atoms with Crippen molar-refractivity contribution in [1.82, 2.24) is 10.1 Å². The third-order valence-corrected chi connectivity index (χ3v) is 2.15. The number of hydrogen-bond donors (Lipinski definition) is 0. The summed E-state index contributed by atoms with van der Waals surface area (Å²) in [6.45, 7) is 0. The van der Waals surface area contributed by atoms with Crippen LogP contribution in [0.1, 0.15) is 30.5 Å². The second-order valence-electron chi connectivity index (χ2n) is 2.77. The van der Waals surface area contributed by atoms with Gasteiger partial charge < -0.3 is 9.08 Å². The van der Waals surface area contributed by atoms with Gasteiger partial charge in [0, 0.05) is 5.92 Å². The number of rotatable bonds is 3. The van der Waals surface area contributed by atoms with Crippen LogP contribution >= 0.6 is 0 Å². The Morgan fingerprint density at radius 3 is 2.85 bits per heavy atom. The molecule has 1 saturated carbocycles. The van der Waals surface area contributed by atoms with Gasteiger partial charge in [-0.1, -0.05) is 5.16 Å². The summed E-state index contributed by atoms with van der Waals surface area (Å²) in [5, 5.41) is 3.54. The molecule has 13 heavy (non-hydrogen) atoms. The molecular formula is C6H7N2NaO3S. The van der Waals surface area contributed by atoms with Crippen LogP contribution in [0.15, 0.2) is 4.52 Å². The fourth-order valence-electron chi connectivity index (χ4n) is 0.928. The van der Waals surface area contributed by atoms with Gasteiger partial charge in [-0.25, -0.2) is 0 Å². The Morgan fingerprint density at radius 2 is 2.31 bits per heavy atom. The van der Waals surface area contributed by atoms with E-state index in [9.17, 15) is 8.76 Å². The van der Waals surface area contributed by atoms with E-state index in [1.54, 1.807) is 0 Å². The summed E-state index contributed by atoms with van der Waals surface area (Å²) in [5.74, 6) is 1.06. The van der Waals surface area contributed by atoms with Crippen molar-refractivity contribution in [2.24, 2.45) is 0 Å². The van der Waals surface area contributed by atoms with Gasteiger partial charge in [0.1, 0.15) is 0 Å².